The van der Waals surface area contributed by atoms with Gasteiger partial charge < -0.3 is 4.90 Å². The third-order valence-corrected chi connectivity index (χ3v) is 7.95. The number of allylic oxidation sites excluding steroid dienone is 7. The van der Waals surface area contributed by atoms with Gasteiger partial charge in [0, 0.05) is 39.2 Å². The Bertz CT molecular complexity index is 1560. The molecule has 2 aliphatic rings. The Labute approximate surface area is 223 Å². The van der Waals surface area contributed by atoms with E-state index in [1.807, 2.05) is 44.1 Å². The number of aryl methyl sites for hydroxylation is 2. The third kappa shape index (κ3) is 5.35. The van der Waals surface area contributed by atoms with Crippen molar-refractivity contribution >= 4 is 35.2 Å². The van der Waals surface area contributed by atoms with E-state index in [0.29, 0.717) is 0 Å². The second kappa shape index (κ2) is 11.1. The second-order valence-corrected chi connectivity index (χ2v) is 10.5. The molecule has 0 radical (unpaired) electrons. The van der Waals surface area contributed by atoms with E-state index in [4.69, 9.17) is 0 Å². The minimum atomic E-state index is 0.261. The van der Waals surface area contributed by atoms with E-state index < -0.39 is 0 Å². The third-order valence-electron chi connectivity index (χ3n) is 6.84. The largest absolute Gasteiger partial charge is 0.343 e. The van der Waals surface area contributed by atoms with Crippen molar-refractivity contribution in [3.05, 3.63) is 111 Å². The SMILES string of the molecule is C/C=C(/C)c1cn[nH]c1C.C=C/C(C1=CC2=C(C=CC1C)N(C)c1cc(C)ccc1S2)=c1/cn[nH]c1=C. The molecule has 0 fully saturated rings. The molecular weight excluding hydrogens is 474 g/mol. The minimum absolute atomic E-state index is 0.261. The fraction of sp³-hybridized carbons (Fsp3) is 0.226. The fourth-order valence-electron chi connectivity index (χ4n) is 4.51. The average molecular weight is 510 g/mol. The summed E-state index contributed by atoms with van der Waals surface area (Å²) in [5.74, 6) is 0.261. The van der Waals surface area contributed by atoms with E-state index in [9.17, 15) is 0 Å². The summed E-state index contributed by atoms with van der Waals surface area (Å²) in [6, 6.07) is 6.64. The number of aromatic amines is 2. The molecule has 37 heavy (non-hydrogen) atoms. The van der Waals surface area contributed by atoms with Gasteiger partial charge in [0.05, 0.1) is 29.1 Å². The molecule has 1 atom stereocenters. The number of nitrogens with zero attached hydrogens (tertiary/aromatic N) is 3. The molecule has 3 aromatic rings. The van der Waals surface area contributed by atoms with Crippen molar-refractivity contribution in [3.63, 3.8) is 0 Å². The first-order chi connectivity index (χ1) is 17.7. The molecule has 0 amide bonds. The van der Waals surface area contributed by atoms with Gasteiger partial charge in [-0.15, -0.1) is 0 Å². The van der Waals surface area contributed by atoms with E-state index in [0.717, 1.165) is 21.8 Å². The number of thioether (sulfide) groups is 1. The maximum Gasteiger partial charge on any atom is 0.0584 e. The number of benzene rings is 1. The van der Waals surface area contributed by atoms with E-state index in [-0.39, 0.29) is 5.92 Å². The highest BCUT2D eigenvalue weighted by molar-refractivity contribution is 8.03. The van der Waals surface area contributed by atoms with Gasteiger partial charge in [0.25, 0.3) is 0 Å². The molecule has 6 heteroatoms. The molecule has 5 rings (SSSR count). The first-order valence-corrected chi connectivity index (χ1v) is 13.2. The van der Waals surface area contributed by atoms with Crippen molar-refractivity contribution in [1.82, 2.24) is 20.4 Å². The lowest BCUT2D eigenvalue weighted by molar-refractivity contribution is 0.898. The molecule has 1 unspecified atom stereocenters. The van der Waals surface area contributed by atoms with Crippen LogP contribution in [0.2, 0.25) is 0 Å². The average Bonchev–Trinajstić information content (AvgIpc) is 3.47. The lowest BCUT2D eigenvalue weighted by Gasteiger charge is -2.30. The van der Waals surface area contributed by atoms with Gasteiger partial charge in [-0.3, -0.25) is 10.2 Å². The van der Waals surface area contributed by atoms with Gasteiger partial charge in [0.1, 0.15) is 0 Å². The monoisotopic (exact) mass is 509 g/mol. The van der Waals surface area contributed by atoms with E-state index in [1.165, 1.54) is 43.5 Å². The molecule has 0 spiro atoms. The van der Waals surface area contributed by atoms with Crippen molar-refractivity contribution < 1.29 is 0 Å². The quantitative estimate of drug-likeness (QED) is 0.442. The normalized spacial score (nSPS) is 17.8. The van der Waals surface area contributed by atoms with Crippen molar-refractivity contribution in [3.8, 4) is 0 Å². The molecule has 0 bridgehead atoms. The second-order valence-electron chi connectivity index (χ2n) is 9.39. The van der Waals surface area contributed by atoms with Crippen molar-refractivity contribution in [2.45, 2.75) is 39.5 Å². The Morgan fingerprint density at radius 1 is 1.16 bits per heavy atom. The Hall–Kier alpha value is -3.77. The summed E-state index contributed by atoms with van der Waals surface area (Å²) in [6.45, 7) is 18.6. The Morgan fingerprint density at radius 3 is 2.54 bits per heavy atom. The van der Waals surface area contributed by atoms with Gasteiger partial charge in [0.2, 0.25) is 0 Å². The van der Waals surface area contributed by atoms with Crippen molar-refractivity contribution in [2.24, 2.45) is 5.92 Å². The molecule has 2 aromatic heterocycles. The standard InChI is InChI=1S/C23H23N3S.C8H12N2/c1-6-17(19-13-24-25-16(19)4)18-12-23-20(9-8-15(18)3)26(5)21-11-14(2)7-10-22(21)27-23;1-4-6(2)8-5-9-10-7(8)3/h6-13,15,25H,1,4H2,2-3,5H3;4-5H,1-3H3,(H,9,10)/b19-17+;6-4-. The number of likely N-dealkylation sites (N-methyl/N-ethyl adjacent to an activating group) is 1. The van der Waals surface area contributed by atoms with Crippen molar-refractivity contribution in [2.75, 3.05) is 11.9 Å². The predicted molar refractivity (Wildman–Crippen MR) is 158 cm³/mol. The maximum absolute atomic E-state index is 4.14. The summed E-state index contributed by atoms with van der Waals surface area (Å²) < 4.78 is 0. The van der Waals surface area contributed by atoms with Crippen LogP contribution >= 0.6 is 11.8 Å². The van der Waals surface area contributed by atoms with Gasteiger partial charge in [-0.05, 0) is 74.3 Å². The Kier molecular flexibility index (Phi) is 7.89. The summed E-state index contributed by atoms with van der Waals surface area (Å²) in [7, 11) is 2.14. The van der Waals surface area contributed by atoms with Crippen LogP contribution in [0.4, 0.5) is 5.69 Å². The highest BCUT2D eigenvalue weighted by Crippen LogP contribution is 2.46. The van der Waals surface area contributed by atoms with Gasteiger partial charge in [0.15, 0.2) is 0 Å². The highest BCUT2D eigenvalue weighted by atomic mass is 32.2. The van der Waals surface area contributed by atoms with Crippen molar-refractivity contribution in [1.29, 1.82) is 0 Å². The molecule has 5 nitrogen and oxygen atoms in total. The summed E-state index contributed by atoms with van der Waals surface area (Å²) in [6.07, 6.45) is 14.5. The molecule has 1 aliphatic carbocycles. The molecule has 0 saturated heterocycles. The number of H-pyrrole nitrogens is 2. The minimum Gasteiger partial charge on any atom is -0.343 e. The summed E-state index contributed by atoms with van der Waals surface area (Å²) >= 11 is 1.83. The number of aromatic nitrogens is 4. The topological polar surface area (TPSA) is 60.6 Å². The summed E-state index contributed by atoms with van der Waals surface area (Å²) in [5.41, 5.74) is 9.69. The van der Waals surface area contributed by atoms with Crippen LogP contribution in [-0.4, -0.2) is 27.4 Å². The zero-order valence-electron chi connectivity index (χ0n) is 22.5. The number of hydrogen-bond acceptors (Lipinski definition) is 4. The molecule has 2 N–H and O–H groups in total. The highest BCUT2D eigenvalue weighted by Gasteiger charge is 2.24. The molecular formula is C31H35N5S. The van der Waals surface area contributed by atoms with Crippen LogP contribution in [0.5, 0.6) is 0 Å². The van der Waals surface area contributed by atoms with E-state index >= 15 is 0 Å². The first-order valence-electron chi connectivity index (χ1n) is 12.4. The maximum atomic E-state index is 4.14. The van der Waals surface area contributed by atoms with Crippen LogP contribution in [0.15, 0.2) is 88.6 Å². The lowest BCUT2D eigenvalue weighted by atomic mass is 9.92. The van der Waals surface area contributed by atoms with Gasteiger partial charge in [-0.25, -0.2) is 0 Å². The Balaban J connectivity index is 0.000000270. The van der Waals surface area contributed by atoms with Crippen LogP contribution in [0, 0.1) is 19.8 Å². The van der Waals surface area contributed by atoms with Crippen LogP contribution in [0.25, 0.3) is 17.7 Å². The van der Waals surface area contributed by atoms with E-state index in [2.05, 4.69) is 109 Å². The van der Waals surface area contributed by atoms with Gasteiger partial charge in [-0.1, -0.05) is 56.1 Å². The van der Waals surface area contributed by atoms with Gasteiger partial charge >= 0.3 is 0 Å². The Morgan fingerprint density at radius 2 is 1.92 bits per heavy atom. The first kappa shape index (κ1) is 26.3. The zero-order valence-corrected chi connectivity index (χ0v) is 23.3. The molecule has 1 aliphatic heterocycles. The number of hydrogen-bond donors (Lipinski definition) is 2. The summed E-state index contributed by atoms with van der Waals surface area (Å²) in [4.78, 5) is 4.81. The molecule has 0 saturated carbocycles. The number of rotatable bonds is 3. The van der Waals surface area contributed by atoms with Gasteiger partial charge in [-0.2, -0.15) is 10.2 Å². The molecule has 1 aromatic carbocycles. The van der Waals surface area contributed by atoms with Crippen LogP contribution in [-0.2, 0) is 0 Å². The summed E-state index contributed by atoms with van der Waals surface area (Å²) in [5, 5.41) is 15.7. The van der Waals surface area contributed by atoms with E-state index in [1.54, 1.807) is 0 Å². The van der Waals surface area contributed by atoms with Crippen LogP contribution < -0.4 is 15.5 Å². The lowest BCUT2D eigenvalue weighted by Crippen LogP contribution is -2.24. The van der Waals surface area contributed by atoms with Crippen LogP contribution in [0.1, 0.15) is 37.6 Å². The smallest absolute Gasteiger partial charge is 0.0584 e. The number of fused-ring (bicyclic) bond motifs is 1. The predicted octanol–water partition coefficient (Wildman–Crippen LogP) is 6.19. The molecule has 3 heterocycles. The number of anilines is 1. The fourth-order valence-corrected chi connectivity index (χ4v) is 5.67. The molecule has 190 valence electrons. The van der Waals surface area contributed by atoms with Crippen LogP contribution in [0.3, 0.4) is 0 Å². The number of nitrogens with one attached hydrogen (secondary N) is 2. The zero-order chi connectivity index (χ0) is 26.7.